The first-order valence-electron chi connectivity index (χ1n) is 7.24. The van der Waals surface area contributed by atoms with Crippen molar-refractivity contribution in [3.63, 3.8) is 0 Å². The maximum atomic E-state index is 13.0. The predicted molar refractivity (Wildman–Crippen MR) is 88.4 cm³/mol. The van der Waals surface area contributed by atoms with E-state index in [-0.39, 0.29) is 5.56 Å². The first-order chi connectivity index (χ1) is 11.2. The SMILES string of the molecule is COc1ccc(-n2c(=O)c3ccccc3c3nc(C)oc32)cc1. The average molecular weight is 306 g/mol. The Morgan fingerprint density at radius 2 is 1.74 bits per heavy atom. The lowest BCUT2D eigenvalue weighted by atomic mass is 10.1. The van der Waals surface area contributed by atoms with E-state index in [1.54, 1.807) is 24.7 Å². The molecule has 0 bridgehead atoms. The molecule has 114 valence electrons. The summed E-state index contributed by atoms with van der Waals surface area (Å²) in [6.07, 6.45) is 0. The van der Waals surface area contributed by atoms with Gasteiger partial charge in [0.05, 0.1) is 12.8 Å². The maximum absolute atomic E-state index is 13.0. The highest BCUT2D eigenvalue weighted by molar-refractivity contribution is 6.02. The smallest absolute Gasteiger partial charge is 0.265 e. The van der Waals surface area contributed by atoms with Gasteiger partial charge in [-0.3, -0.25) is 4.79 Å². The summed E-state index contributed by atoms with van der Waals surface area (Å²) in [5.41, 5.74) is 1.72. The number of aromatic nitrogens is 2. The average Bonchev–Trinajstić information content (AvgIpc) is 2.97. The van der Waals surface area contributed by atoms with Crippen molar-refractivity contribution in [2.24, 2.45) is 0 Å². The summed E-state index contributed by atoms with van der Waals surface area (Å²) in [4.78, 5) is 17.4. The zero-order chi connectivity index (χ0) is 16.0. The fraction of sp³-hybridized carbons (Fsp3) is 0.111. The minimum Gasteiger partial charge on any atom is -0.497 e. The van der Waals surface area contributed by atoms with E-state index in [2.05, 4.69) is 4.98 Å². The molecule has 0 fully saturated rings. The first-order valence-corrected chi connectivity index (χ1v) is 7.24. The summed E-state index contributed by atoms with van der Waals surface area (Å²) in [6, 6.07) is 14.7. The minimum atomic E-state index is -0.130. The number of aryl methyl sites for hydroxylation is 1. The summed E-state index contributed by atoms with van der Waals surface area (Å²) in [7, 11) is 1.61. The lowest BCUT2D eigenvalue weighted by Gasteiger charge is -2.09. The molecule has 2 aromatic heterocycles. The van der Waals surface area contributed by atoms with Crippen LogP contribution in [0.5, 0.6) is 5.75 Å². The van der Waals surface area contributed by atoms with Gasteiger partial charge in [0.25, 0.3) is 5.56 Å². The van der Waals surface area contributed by atoms with Gasteiger partial charge < -0.3 is 9.15 Å². The summed E-state index contributed by atoms with van der Waals surface area (Å²) >= 11 is 0. The molecule has 0 amide bonds. The molecule has 0 atom stereocenters. The van der Waals surface area contributed by atoms with Gasteiger partial charge in [-0.2, -0.15) is 0 Å². The molecular formula is C18H14N2O3. The van der Waals surface area contributed by atoms with E-state index in [9.17, 15) is 4.79 Å². The van der Waals surface area contributed by atoms with Crippen molar-refractivity contribution in [3.8, 4) is 11.4 Å². The highest BCUT2D eigenvalue weighted by atomic mass is 16.5. The zero-order valence-electron chi connectivity index (χ0n) is 12.7. The number of hydrogen-bond donors (Lipinski definition) is 0. The number of pyridine rings is 1. The van der Waals surface area contributed by atoms with Gasteiger partial charge in [-0.1, -0.05) is 18.2 Å². The van der Waals surface area contributed by atoms with Crippen LogP contribution in [0.3, 0.4) is 0 Å². The topological polar surface area (TPSA) is 57.3 Å². The molecule has 2 heterocycles. The fourth-order valence-electron chi connectivity index (χ4n) is 2.80. The third-order valence-corrected chi connectivity index (χ3v) is 3.87. The number of benzene rings is 2. The van der Waals surface area contributed by atoms with Crippen LogP contribution in [0.4, 0.5) is 0 Å². The number of methoxy groups -OCH3 is 1. The molecule has 0 saturated carbocycles. The minimum absolute atomic E-state index is 0.130. The van der Waals surface area contributed by atoms with Gasteiger partial charge in [-0.05, 0) is 30.3 Å². The molecule has 0 radical (unpaired) electrons. The van der Waals surface area contributed by atoms with Crippen molar-refractivity contribution in [2.45, 2.75) is 6.92 Å². The van der Waals surface area contributed by atoms with Crippen LogP contribution in [-0.4, -0.2) is 16.7 Å². The number of rotatable bonds is 2. The van der Waals surface area contributed by atoms with Crippen LogP contribution in [0.2, 0.25) is 0 Å². The second-order valence-electron chi connectivity index (χ2n) is 5.27. The Hall–Kier alpha value is -3.08. The standard InChI is InChI=1S/C18H14N2O3/c1-11-19-16-14-5-3-4-6-15(14)17(21)20(18(16)23-11)12-7-9-13(22-2)10-8-12/h3-10H,1-2H3. The van der Waals surface area contributed by atoms with Gasteiger partial charge in [0, 0.05) is 17.7 Å². The molecule has 5 nitrogen and oxygen atoms in total. The van der Waals surface area contributed by atoms with Gasteiger partial charge in [-0.15, -0.1) is 0 Å². The Labute approximate surface area is 131 Å². The van der Waals surface area contributed by atoms with Crippen LogP contribution in [0.1, 0.15) is 5.89 Å². The summed E-state index contributed by atoms with van der Waals surface area (Å²) in [6.45, 7) is 1.78. The lowest BCUT2D eigenvalue weighted by molar-refractivity contribution is 0.414. The summed E-state index contributed by atoms with van der Waals surface area (Å²) in [5, 5.41) is 1.42. The molecule has 0 aliphatic rings. The van der Waals surface area contributed by atoms with Crippen LogP contribution in [0, 0.1) is 6.92 Å². The van der Waals surface area contributed by atoms with Gasteiger partial charge in [0.2, 0.25) is 5.71 Å². The van der Waals surface area contributed by atoms with Gasteiger partial charge in [0.15, 0.2) is 5.89 Å². The Bertz CT molecular complexity index is 1080. The van der Waals surface area contributed by atoms with E-state index in [4.69, 9.17) is 9.15 Å². The van der Waals surface area contributed by atoms with Crippen molar-refractivity contribution in [2.75, 3.05) is 7.11 Å². The molecule has 23 heavy (non-hydrogen) atoms. The Kier molecular flexibility index (Phi) is 2.94. The number of fused-ring (bicyclic) bond motifs is 3. The Morgan fingerprint density at radius 1 is 1.04 bits per heavy atom. The number of hydrogen-bond acceptors (Lipinski definition) is 4. The molecule has 0 spiro atoms. The van der Waals surface area contributed by atoms with E-state index >= 15 is 0 Å². The lowest BCUT2D eigenvalue weighted by Crippen LogP contribution is -2.18. The normalized spacial score (nSPS) is 11.2. The molecule has 0 saturated heterocycles. The van der Waals surface area contributed by atoms with Crippen molar-refractivity contribution in [1.82, 2.24) is 9.55 Å². The van der Waals surface area contributed by atoms with E-state index < -0.39 is 0 Å². The number of oxazole rings is 1. The van der Waals surface area contributed by atoms with Crippen molar-refractivity contribution < 1.29 is 9.15 Å². The van der Waals surface area contributed by atoms with Crippen LogP contribution < -0.4 is 10.3 Å². The van der Waals surface area contributed by atoms with E-state index in [1.807, 2.05) is 42.5 Å². The Morgan fingerprint density at radius 3 is 2.43 bits per heavy atom. The predicted octanol–water partition coefficient (Wildman–Crippen LogP) is 3.45. The molecule has 4 aromatic rings. The van der Waals surface area contributed by atoms with Crippen molar-refractivity contribution >= 4 is 22.0 Å². The van der Waals surface area contributed by atoms with Gasteiger partial charge in [0.1, 0.15) is 11.3 Å². The highest BCUT2D eigenvalue weighted by Crippen LogP contribution is 2.25. The van der Waals surface area contributed by atoms with Crippen LogP contribution in [-0.2, 0) is 0 Å². The van der Waals surface area contributed by atoms with Gasteiger partial charge >= 0.3 is 0 Å². The van der Waals surface area contributed by atoms with Crippen molar-refractivity contribution in [1.29, 1.82) is 0 Å². The van der Waals surface area contributed by atoms with Crippen LogP contribution in [0.15, 0.2) is 57.7 Å². The molecule has 4 rings (SSSR count). The van der Waals surface area contributed by atoms with E-state index in [0.29, 0.717) is 28.2 Å². The molecular weight excluding hydrogens is 292 g/mol. The summed E-state index contributed by atoms with van der Waals surface area (Å²) < 4.78 is 12.4. The fourth-order valence-corrected chi connectivity index (χ4v) is 2.80. The third kappa shape index (κ3) is 2.01. The molecule has 0 unspecified atom stereocenters. The monoisotopic (exact) mass is 306 g/mol. The third-order valence-electron chi connectivity index (χ3n) is 3.87. The summed E-state index contributed by atoms with van der Waals surface area (Å²) in [5.74, 6) is 1.26. The van der Waals surface area contributed by atoms with Gasteiger partial charge in [-0.25, -0.2) is 9.55 Å². The quantitative estimate of drug-likeness (QED) is 0.569. The van der Waals surface area contributed by atoms with E-state index in [0.717, 1.165) is 11.1 Å². The molecule has 2 aromatic carbocycles. The molecule has 0 aliphatic heterocycles. The van der Waals surface area contributed by atoms with Crippen LogP contribution >= 0.6 is 0 Å². The second-order valence-corrected chi connectivity index (χ2v) is 5.27. The first kappa shape index (κ1) is 13.6. The number of nitrogens with zero attached hydrogens (tertiary/aromatic N) is 2. The highest BCUT2D eigenvalue weighted by Gasteiger charge is 2.16. The largest absolute Gasteiger partial charge is 0.497 e. The molecule has 5 heteroatoms. The van der Waals surface area contributed by atoms with E-state index in [1.165, 1.54) is 0 Å². The van der Waals surface area contributed by atoms with Crippen LogP contribution in [0.25, 0.3) is 27.7 Å². The molecule has 0 aliphatic carbocycles. The zero-order valence-corrected chi connectivity index (χ0v) is 12.7. The second kappa shape index (κ2) is 4.98. The Balaban J connectivity index is 2.15. The van der Waals surface area contributed by atoms with Crippen molar-refractivity contribution in [3.05, 3.63) is 64.8 Å². The number of ether oxygens (including phenoxy) is 1. The maximum Gasteiger partial charge on any atom is 0.265 e. The molecule has 0 N–H and O–H groups in total.